The van der Waals surface area contributed by atoms with Crippen LogP contribution in [0, 0.1) is 0 Å². The molecule has 0 saturated carbocycles. The maximum absolute atomic E-state index is 13.7. The molecule has 9 nitrogen and oxygen atoms in total. The number of nitrogens with two attached hydrogens (primary N) is 1. The van der Waals surface area contributed by atoms with Crippen LogP contribution in [0.25, 0.3) is 0 Å². The highest BCUT2D eigenvalue weighted by Crippen LogP contribution is 2.26. The Bertz CT molecular complexity index is 836. The minimum absolute atomic E-state index is 0.0141. The molecule has 0 fully saturated rings. The highest BCUT2D eigenvalue weighted by atomic mass is 35.5. The number of amides is 2. The Kier molecular flexibility index (Phi) is 9.77. The van der Waals surface area contributed by atoms with E-state index < -0.39 is 64.1 Å². The molecular weight excluding hydrogens is 452 g/mol. The summed E-state index contributed by atoms with van der Waals surface area (Å²) in [6.07, 6.45) is 0.551. The standard InChI is InChI=1S/C16H20Cl2FN3O6S/c1-29(26,27)10-4-2-9(3-5-10)11(6-14(24)28-22-13(23)8-20)12(7-19)21-16(25)15(17)18/h2-5,11-12,15H,6-8,20H2,1H3,(H,21,25)(H,22,23)/t11-,12-/m1/s1. The smallest absolute Gasteiger partial charge is 0.332 e. The van der Waals surface area contributed by atoms with E-state index in [9.17, 15) is 27.2 Å². The van der Waals surface area contributed by atoms with Crippen molar-refractivity contribution >= 4 is 50.8 Å². The third kappa shape index (κ3) is 8.13. The van der Waals surface area contributed by atoms with Gasteiger partial charge in [0.25, 0.3) is 11.8 Å². The van der Waals surface area contributed by atoms with E-state index in [1.54, 1.807) is 0 Å². The van der Waals surface area contributed by atoms with Gasteiger partial charge in [0, 0.05) is 12.2 Å². The Labute approximate surface area is 176 Å². The number of nitrogens with one attached hydrogen (secondary N) is 2. The number of sulfone groups is 1. The SMILES string of the molecule is CS(=O)(=O)c1ccc([C@@H](CC(=O)ONC(=O)CN)[C@@H](CF)NC(=O)C(Cl)Cl)cc1. The number of alkyl halides is 3. The lowest BCUT2D eigenvalue weighted by Crippen LogP contribution is -2.44. The first kappa shape index (κ1) is 25.1. The Morgan fingerprint density at radius 3 is 2.24 bits per heavy atom. The van der Waals surface area contributed by atoms with E-state index in [1.165, 1.54) is 24.3 Å². The molecule has 2 amide bonds. The predicted octanol–water partition coefficient (Wildman–Crippen LogP) is 0.355. The second kappa shape index (κ2) is 11.3. The van der Waals surface area contributed by atoms with Crippen LogP contribution in [0.3, 0.4) is 0 Å². The van der Waals surface area contributed by atoms with Crippen LogP contribution in [0.5, 0.6) is 0 Å². The zero-order chi connectivity index (χ0) is 22.2. The fraction of sp³-hybridized carbons (Fsp3) is 0.438. The van der Waals surface area contributed by atoms with Crippen molar-refractivity contribution in [1.29, 1.82) is 0 Å². The first-order valence-electron chi connectivity index (χ1n) is 8.12. The van der Waals surface area contributed by atoms with Gasteiger partial charge in [0.15, 0.2) is 14.7 Å². The number of rotatable bonds is 9. The van der Waals surface area contributed by atoms with Gasteiger partial charge in [-0.1, -0.05) is 35.3 Å². The van der Waals surface area contributed by atoms with Gasteiger partial charge in [0.1, 0.15) is 6.67 Å². The summed E-state index contributed by atoms with van der Waals surface area (Å²) in [5.41, 5.74) is 7.23. The molecule has 0 aliphatic rings. The van der Waals surface area contributed by atoms with Gasteiger partial charge in [0.2, 0.25) is 0 Å². The van der Waals surface area contributed by atoms with Crippen molar-refractivity contribution in [2.24, 2.45) is 5.73 Å². The van der Waals surface area contributed by atoms with E-state index in [2.05, 4.69) is 10.2 Å². The minimum Gasteiger partial charge on any atom is -0.348 e. The average molecular weight is 472 g/mol. The van der Waals surface area contributed by atoms with Crippen molar-refractivity contribution in [3.05, 3.63) is 29.8 Å². The molecular formula is C16H20Cl2FN3O6S. The van der Waals surface area contributed by atoms with Gasteiger partial charge in [-0.05, 0) is 17.7 Å². The zero-order valence-electron chi connectivity index (χ0n) is 15.2. The Morgan fingerprint density at radius 2 is 1.79 bits per heavy atom. The first-order valence-corrected chi connectivity index (χ1v) is 10.9. The van der Waals surface area contributed by atoms with Gasteiger partial charge in [-0.3, -0.25) is 9.59 Å². The van der Waals surface area contributed by atoms with Crippen LogP contribution < -0.4 is 16.5 Å². The summed E-state index contributed by atoms with van der Waals surface area (Å²) in [7, 11) is -3.48. The van der Waals surface area contributed by atoms with Crippen molar-refractivity contribution in [1.82, 2.24) is 10.8 Å². The lowest BCUT2D eigenvalue weighted by molar-refractivity contribution is -0.158. The summed E-state index contributed by atoms with van der Waals surface area (Å²) < 4.78 is 36.9. The molecule has 0 unspecified atom stereocenters. The second-order valence-corrected chi connectivity index (χ2v) is 9.04. The molecule has 0 spiro atoms. The summed E-state index contributed by atoms with van der Waals surface area (Å²) in [4.78, 5) is 38.0. The summed E-state index contributed by atoms with van der Waals surface area (Å²) in [6, 6.07) is 4.08. The maximum Gasteiger partial charge on any atom is 0.332 e. The third-order valence-electron chi connectivity index (χ3n) is 3.76. The largest absolute Gasteiger partial charge is 0.348 e. The molecule has 4 N–H and O–H groups in total. The normalized spacial score (nSPS) is 13.4. The maximum atomic E-state index is 13.7. The lowest BCUT2D eigenvalue weighted by Gasteiger charge is -2.26. The second-order valence-electron chi connectivity index (χ2n) is 5.93. The lowest BCUT2D eigenvalue weighted by atomic mass is 9.89. The summed E-state index contributed by atoms with van der Waals surface area (Å²) >= 11 is 10.9. The number of hydrogen-bond donors (Lipinski definition) is 3. The fourth-order valence-corrected chi connectivity index (χ4v) is 3.08. The molecule has 29 heavy (non-hydrogen) atoms. The minimum atomic E-state index is -3.48. The Hall–Kier alpha value is -1.95. The molecule has 1 aromatic carbocycles. The molecule has 162 valence electrons. The van der Waals surface area contributed by atoms with E-state index in [1.807, 2.05) is 5.48 Å². The summed E-state index contributed by atoms with van der Waals surface area (Å²) in [5.74, 6) is -3.55. The predicted molar refractivity (Wildman–Crippen MR) is 104 cm³/mol. The number of carbonyl (C=O) groups excluding carboxylic acids is 3. The molecule has 13 heteroatoms. The topological polar surface area (TPSA) is 145 Å². The van der Waals surface area contributed by atoms with Crippen LogP contribution >= 0.6 is 23.2 Å². The van der Waals surface area contributed by atoms with Crippen molar-refractivity contribution < 1.29 is 32.0 Å². The van der Waals surface area contributed by atoms with Crippen LogP contribution in [-0.2, 0) is 29.1 Å². The zero-order valence-corrected chi connectivity index (χ0v) is 17.6. The van der Waals surface area contributed by atoms with Crippen LogP contribution in [0.15, 0.2) is 29.2 Å². The third-order valence-corrected chi connectivity index (χ3v) is 5.29. The van der Waals surface area contributed by atoms with Crippen LogP contribution in [0.4, 0.5) is 4.39 Å². The number of hydrogen-bond acceptors (Lipinski definition) is 7. The molecule has 0 saturated heterocycles. The molecule has 0 aliphatic heterocycles. The van der Waals surface area contributed by atoms with Gasteiger partial charge >= 0.3 is 5.97 Å². The molecule has 0 aliphatic carbocycles. The Morgan fingerprint density at radius 1 is 1.21 bits per heavy atom. The highest BCUT2D eigenvalue weighted by molar-refractivity contribution is 7.90. The van der Waals surface area contributed by atoms with Gasteiger partial charge in [0.05, 0.1) is 23.9 Å². The van der Waals surface area contributed by atoms with Crippen LogP contribution in [0.2, 0.25) is 0 Å². The van der Waals surface area contributed by atoms with E-state index in [4.69, 9.17) is 28.9 Å². The van der Waals surface area contributed by atoms with E-state index in [0.717, 1.165) is 6.26 Å². The monoisotopic (exact) mass is 471 g/mol. The number of halogens is 3. The number of hydroxylamine groups is 1. The first-order chi connectivity index (χ1) is 13.5. The summed E-state index contributed by atoms with van der Waals surface area (Å²) in [6.45, 7) is -1.51. The molecule has 2 atom stereocenters. The Balaban J connectivity index is 3.13. The highest BCUT2D eigenvalue weighted by Gasteiger charge is 2.30. The van der Waals surface area contributed by atoms with E-state index in [-0.39, 0.29) is 4.90 Å². The quantitative estimate of drug-likeness (QED) is 0.348. The van der Waals surface area contributed by atoms with Crippen molar-refractivity contribution in [2.45, 2.75) is 28.1 Å². The van der Waals surface area contributed by atoms with E-state index >= 15 is 0 Å². The van der Waals surface area contributed by atoms with Gasteiger partial charge in [-0.2, -0.15) is 5.48 Å². The number of benzene rings is 1. The number of carbonyl (C=O) groups is 3. The van der Waals surface area contributed by atoms with Crippen LogP contribution in [0.1, 0.15) is 17.9 Å². The van der Waals surface area contributed by atoms with Crippen molar-refractivity contribution in [3.63, 3.8) is 0 Å². The summed E-state index contributed by atoms with van der Waals surface area (Å²) in [5, 5.41) is 2.28. The molecule has 0 bridgehead atoms. The van der Waals surface area contributed by atoms with Gasteiger partial charge in [-0.15, -0.1) is 0 Å². The van der Waals surface area contributed by atoms with Gasteiger partial charge < -0.3 is 15.9 Å². The fourth-order valence-electron chi connectivity index (χ4n) is 2.32. The molecule has 0 radical (unpaired) electrons. The molecule has 0 heterocycles. The molecule has 1 rings (SSSR count). The van der Waals surface area contributed by atoms with E-state index in [0.29, 0.717) is 5.56 Å². The average Bonchev–Trinajstić information content (AvgIpc) is 2.67. The molecule has 0 aromatic heterocycles. The molecule has 1 aromatic rings. The van der Waals surface area contributed by atoms with Crippen molar-refractivity contribution in [3.8, 4) is 0 Å². The van der Waals surface area contributed by atoms with Crippen LogP contribution in [-0.4, -0.2) is 56.6 Å². The van der Waals surface area contributed by atoms with Crippen molar-refractivity contribution in [2.75, 3.05) is 19.5 Å². The van der Waals surface area contributed by atoms with Gasteiger partial charge in [-0.25, -0.2) is 17.6 Å².